The van der Waals surface area contributed by atoms with Crippen LogP contribution in [0, 0.1) is 0 Å². The van der Waals surface area contributed by atoms with Gasteiger partial charge in [-0.05, 0) is 30.0 Å². The zero-order valence-corrected chi connectivity index (χ0v) is 13.1. The van der Waals surface area contributed by atoms with Gasteiger partial charge in [-0.1, -0.05) is 12.1 Å². The largest absolute Gasteiger partial charge is 0.465 e. The molecule has 5 heteroatoms. The molecule has 5 nitrogen and oxygen atoms in total. The fourth-order valence-electron chi connectivity index (χ4n) is 2.94. The van der Waals surface area contributed by atoms with Crippen molar-refractivity contribution < 1.29 is 19.1 Å². The lowest BCUT2D eigenvalue weighted by molar-refractivity contribution is -0.145. The molecule has 2 heterocycles. The van der Waals surface area contributed by atoms with Crippen LogP contribution in [0.2, 0.25) is 0 Å². The number of hydrogen-bond acceptors (Lipinski definition) is 4. The number of aromatic nitrogens is 1. The molecule has 1 aliphatic heterocycles. The summed E-state index contributed by atoms with van der Waals surface area (Å²) in [4.78, 5) is 26.6. The number of rotatable bonds is 0. The van der Waals surface area contributed by atoms with Gasteiger partial charge < -0.3 is 14.5 Å². The molecule has 2 bridgehead atoms. The highest BCUT2D eigenvalue weighted by atomic mass is 16.5. The van der Waals surface area contributed by atoms with E-state index in [1.807, 2.05) is 12.3 Å². The molecule has 0 spiro atoms. The Balaban J connectivity index is 1.81. The predicted octanol–water partition coefficient (Wildman–Crippen LogP) is 2.91. The lowest BCUT2D eigenvalue weighted by Gasteiger charge is -2.11. The molecular formula is C18H21NO4. The summed E-state index contributed by atoms with van der Waals surface area (Å²) in [6.07, 6.45) is 5.32. The van der Waals surface area contributed by atoms with Crippen LogP contribution in [-0.2, 0) is 31.9 Å². The van der Waals surface area contributed by atoms with Gasteiger partial charge in [0.1, 0.15) is 0 Å². The zero-order valence-electron chi connectivity index (χ0n) is 13.1. The fraction of sp³-hybridized carbons (Fsp3) is 0.444. The van der Waals surface area contributed by atoms with E-state index in [-0.39, 0.29) is 11.9 Å². The Bertz CT molecular complexity index is 646. The van der Waals surface area contributed by atoms with Gasteiger partial charge in [0.25, 0.3) is 0 Å². The Morgan fingerprint density at radius 1 is 0.783 bits per heavy atom. The van der Waals surface area contributed by atoms with Crippen molar-refractivity contribution >= 4 is 22.8 Å². The molecule has 0 aliphatic carbocycles. The standard InChI is InChI=1S/C18H21NO4/c20-16-3-1-2-4-17(21)23-12-9-14-6-5-13(8-11-22-16)15-7-10-19-18(14)15/h5-7,10,19H,1-4,8-9,11-12H2. The van der Waals surface area contributed by atoms with Crippen LogP contribution in [0.25, 0.3) is 10.9 Å². The second-order valence-electron chi connectivity index (χ2n) is 5.80. The number of aromatic amines is 1. The molecule has 2 aromatic rings. The summed E-state index contributed by atoms with van der Waals surface area (Å²) in [6, 6.07) is 6.15. The highest BCUT2D eigenvalue weighted by Crippen LogP contribution is 2.23. The van der Waals surface area contributed by atoms with Crippen molar-refractivity contribution in [2.24, 2.45) is 0 Å². The molecule has 0 radical (unpaired) electrons. The van der Waals surface area contributed by atoms with Gasteiger partial charge in [0.2, 0.25) is 0 Å². The van der Waals surface area contributed by atoms with E-state index in [4.69, 9.17) is 9.47 Å². The number of nitrogens with one attached hydrogen (secondary N) is 1. The van der Waals surface area contributed by atoms with Crippen LogP contribution in [0.5, 0.6) is 0 Å². The second-order valence-corrected chi connectivity index (χ2v) is 5.80. The molecule has 0 fully saturated rings. The Kier molecular flexibility index (Phi) is 4.95. The van der Waals surface area contributed by atoms with Crippen molar-refractivity contribution in [1.82, 2.24) is 4.98 Å². The maximum Gasteiger partial charge on any atom is 0.305 e. The molecule has 1 N–H and O–H groups in total. The van der Waals surface area contributed by atoms with Crippen LogP contribution >= 0.6 is 0 Å². The van der Waals surface area contributed by atoms with Gasteiger partial charge in [0.05, 0.1) is 13.2 Å². The molecule has 0 atom stereocenters. The number of H-pyrrole nitrogens is 1. The van der Waals surface area contributed by atoms with Gasteiger partial charge >= 0.3 is 11.9 Å². The third-order valence-electron chi connectivity index (χ3n) is 4.18. The van der Waals surface area contributed by atoms with Crippen LogP contribution in [0.3, 0.4) is 0 Å². The number of hydrogen-bond donors (Lipinski definition) is 1. The van der Waals surface area contributed by atoms with Crippen molar-refractivity contribution in [3.05, 3.63) is 35.5 Å². The summed E-state index contributed by atoms with van der Waals surface area (Å²) in [5.74, 6) is -0.405. The first-order chi connectivity index (χ1) is 11.2. The molecule has 0 unspecified atom stereocenters. The number of cyclic esters (lactones) is 2. The van der Waals surface area contributed by atoms with E-state index in [9.17, 15) is 9.59 Å². The van der Waals surface area contributed by atoms with Crippen LogP contribution in [-0.4, -0.2) is 30.1 Å². The van der Waals surface area contributed by atoms with Crippen LogP contribution in [0.15, 0.2) is 24.4 Å². The third kappa shape index (κ3) is 3.92. The van der Waals surface area contributed by atoms with Crippen molar-refractivity contribution in [3.8, 4) is 0 Å². The SMILES string of the molecule is O=C1CCCCC(=O)OCCc2ccc(c3cc[nH]c23)CCO1. The summed E-state index contributed by atoms with van der Waals surface area (Å²) >= 11 is 0. The van der Waals surface area contributed by atoms with Crippen LogP contribution in [0.4, 0.5) is 0 Å². The molecule has 0 amide bonds. The third-order valence-corrected chi connectivity index (χ3v) is 4.18. The van der Waals surface area contributed by atoms with Gasteiger partial charge in [0, 0.05) is 42.8 Å². The lowest BCUT2D eigenvalue weighted by atomic mass is 10.0. The Hall–Kier alpha value is -2.30. The van der Waals surface area contributed by atoms with Gasteiger partial charge in [-0.15, -0.1) is 0 Å². The topological polar surface area (TPSA) is 68.4 Å². The maximum atomic E-state index is 11.7. The van der Waals surface area contributed by atoms with Gasteiger partial charge in [-0.25, -0.2) is 0 Å². The number of carbonyl (C=O) groups excluding carboxylic acids is 2. The quantitative estimate of drug-likeness (QED) is 0.759. The van der Waals surface area contributed by atoms with Crippen molar-refractivity contribution in [3.63, 3.8) is 0 Å². The smallest absolute Gasteiger partial charge is 0.305 e. The maximum absolute atomic E-state index is 11.7. The average molecular weight is 315 g/mol. The Morgan fingerprint density at radius 3 is 2.09 bits per heavy atom. The molecule has 3 rings (SSSR count). The fourth-order valence-corrected chi connectivity index (χ4v) is 2.94. The first-order valence-corrected chi connectivity index (χ1v) is 8.13. The lowest BCUT2D eigenvalue weighted by Crippen LogP contribution is -2.11. The van der Waals surface area contributed by atoms with E-state index in [0.717, 1.165) is 22.0 Å². The summed E-state index contributed by atoms with van der Waals surface area (Å²) in [7, 11) is 0. The summed E-state index contributed by atoms with van der Waals surface area (Å²) in [5, 5.41) is 1.14. The number of ether oxygens (including phenoxy) is 2. The predicted molar refractivity (Wildman–Crippen MR) is 86.1 cm³/mol. The Morgan fingerprint density at radius 2 is 1.39 bits per heavy atom. The highest BCUT2D eigenvalue weighted by Gasteiger charge is 2.11. The average Bonchev–Trinajstić information content (AvgIpc) is 3.02. The number of fused-ring (bicyclic) bond motifs is 6. The highest BCUT2D eigenvalue weighted by molar-refractivity contribution is 5.86. The molecule has 1 aromatic heterocycles. The van der Waals surface area contributed by atoms with Gasteiger partial charge in [-0.2, -0.15) is 0 Å². The zero-order chi connectivity index (χ0) is 16.1. The first-order valence-electron chi connectivity index (χ1n) is 8.13. The second kappa shape index (κ2) is 7.31. The summed E-state index contributed by atoms with van der Waals surface area (Å²) < 4.78 is 10.6. The summed E-state index contributed by atoms with van der Waals surface area (Å²) in [5.41, 5.74) is 3.35. The van der Waals surface area contributed by atoms with E-state index in [1.54, 1.807) is 0 Å². The summed E-state index contributed by atoms with van der Waals surface area (Å²) in [6.45, 7) is 0.773. The van der Waals surface area contributed by atoms with E-state index in [1.165, 1.54) is 0 Å². The van der Waals surface area contributed by atoms with E-state index in [0.29, 0.717) is 51.7 Å². The molecule has 122 valence electrons. The van der Waals surface area contributed by atoms with Crippen molar-refractivity contribution in [2.75, 3.05) is 13.2 Å². The first kappa shape index (κ1) is 15.6. The normalized spacial score (nSPS) is 17.9. The van der Waals surface area contributed by atoms with E-state index < -0.39 is 0 Å². The minimum Gasteiger partial charge on any atom is -0.465 e. The monoisotopic (exact) mass is 315 g/mol. The minimum atomic E-state index is -0.204. The van der Waals surface area contributed by atoms with E-state index >= 15 is 0 Å². The minimum absolute atomic E-state index is 0.201. The molecule has 0 saturated carbocycles. The molecular weight excluding hydrogens is 294 g/mol. The van der Waals surface area contributed by atoms with Crippen molar-refractivity contribution in [2.45, 2.75) is 38.5 Å². The molecule has 1 aromatic carbocycles. The molecule has 0 saturated heterocycles. The van der Waals surface area contributed by atoms with Crippen LogP contribution in [0.1, 0.15) is 36.8 Å². The van der Waals surface area contributed by atoms with Crippen LogP contribution < -0.4 is 0 Å². The molecule has 1 aliphatic rings. The molecule has 23 heavy (non-hydrogen) atoms. The van der Waals surface area contributed by atoms with Gasteiger partial charge in [0.15, 0.2) is 0 Å². The van der Waals surface area contributed by atoms with Crippen molar-refractivity contribution in [1.29, 1.82) is 0 Å². The number of carbonyl (C=O) groups is 2. The Labute approximate surface area is 135 Å². The number of benzene rings is 1. The van der Waals surface area contributed by atoms with Gasteiger partial charge in [-0.3, -0.25) is 9.59 Å². The number of esters is 2. The van der Waals surface area contributed by atoms with E-state index in [2.05, 4.69) is 17.1 Å².